The minimum Gasteiger partial charge on any atom is -0.264 e. The average molecular weight is 211 g/mol. The third-order valence-corrected chi connectivity index (χ3v) is 2.38. The highest BCUT2D eigenvalue weighted by atomic mass is 16.3. The van der Waals surface area contributed by atoms with Crippen molar-refractivity contribution in [3.05, 3.63) is 16.6 Å². The van der Waals surface area contributed by atoms with Gasteiger partial charge in [0.05, 0.1) is 0 Å². The van der Waals surface area contributed by atoms with Crippen molar-refractivity contribution in [1.82, 2.24) is 0 Å². The minimum absolute atomic E-state index is 0.668. The molecule has 0 unspecified atom stereocenters. The van der Waals surface area contributed by atoms with E-state index in [1.807, 2.05) is 6.92 Å². The predicted octanol–water partition coefficient (Wildman–Crippen LogP) is 3.98. The normalized spacial score (nSPS) is 11.5. The Morgan fingerprint density at radius 3 is 2.33 bits per heavy atom. The molecule has 0 heterocycles. The first kappa shape index (κ1) is 14.0. The van der Waals surface area contributed by atoms with Crippen molar-refractivity contribution in [1.29, 1.82) is 0 Å². The Hall–Kier alpha value is -0.990. The zero-order valence-corrected chi connectivity index (χ0v) is 9.79. The number of nitroso groups, excluding NO2 is 1. The van der Waals surface area contributed by atoms with Crippen LogP contribution in [0.3, 0.4) is 0 Å². The van der Waals surface area contributed by atoms with E-state index in [1.165, 1.54) is 38.2 Å². The molecule has 15 heavy (non-hydrogen) atoms. The maximum atomic E-state index is 10.6. The molecule has 0 saturated carbocycles. The van der Waals surface area contributed by atoms with E-state index >= 15 is 0 Å². The van der Waals surface area contributed by atoms with Gasteiger partial charge in [-0.05, 0) is 19.8 Å². The number of carbonyl (C=O) groups excluding carboxylic acids is 1. The second kappa shape index (κ2) is 9.56. The Bertz CT molecular complexity index is 222. The molecule has 3 heteroatoms. The zero-order valence-electron chi connectivity index (χ0n) is 9.79. The first-order valence-corrected chi connectivity index (χ1v) is 5.75. The summed E-state index contributed by atoms with van der Waals surface area (Å²) < 4.78 is 0. The molecule has 86 valence electrons. The van der Waals surface area contributed by atoms with Crippen LogP contribution in [0.25, 0.3) is 0 Å². The number of nitrogens with zero attached hydrogens (tertiary/aromatic N) is 1. The number of allylic oxidation sites excluding steroid dienone is 1. The summed E-state index contributed by atoms with van der Waals surface area (Å²) in [6, 6.07) is 0. The molecule has 0 saturated heterocycles. The van der Waals surface area contributed by atoms with E-state index in [0.717, 1.165) is 18.4 Å². The highest BCUT2D eigenvalue weighted by molar-refractivity contribution is 5.88. The van der Waals surface area contributed by atoms with Crippen molar-refractivity contribution >= 4 is 5.91 Å². The molecular formula is C12H21NO2. The zero-order chi connectivity index (χ0) is 11.5. The molecule has 0 aromatic carbocycles. The standard InChI is InChI=1S/C12H21NO2/c1-3-4-5-6-7-8-9-11(2)10-12(14)13-15/h10H,3-9H2,1-2H3/b11-10-. The number of rotatable bonds is 8. The van der Waals surface area contributed by atoms with Gasteiger partial charge in [-0.3, -0.25) is 4.79 Å². The summed E-state index contributed by atoms with van der Waals surface area (Å²) >= 11 is 0. The van der Waals surface area contributed by atoms with Crippen LogP contribution < -0.4 is 0 Å². The lowest BCUT2D eigenvalue weighted by Gasteiger charge is -2.00. The lowest BCUT2D eigenvalue weighted by molar-refractivity contribution is -0.113. The van der Waals surface area contributed by atoms with E-state index in [1.54, 1.807) is 0 Å². The third-order valence-electron chi connectivity index (χ3n) is 2.38. The molecular weight excluding hydrogens is 190 g/mol. The SMILES string of the molecule is CCCCCCCC/C(C)=C\C(=O)N=O. The van der Waals surface area contributed by atoms with Crippen molar-refractivity contribution in [3.63, 3.8) is 0 Å². The van der Waals surface area contributed by atoms with Gasteiger partial charge in [0.25, 0.3) is 0 Å². The molecule has 0 aliphatic carbocycles. The highest BCUT2D eigenvalue weighted by Crippen LogP contribution is 2.11. The molecule has 0 aromatic rings. The highest BCUT2D eigenvalue weighted by Gasteiger charge is 1.97. The largest absolute Gasteiger partial charge is 0.309 e. The first-order valence-electron chi connectivity index (χ1n) is 5.75. The van der Waals surface area contributed by atoms with E-state index in [2.05, 4.69) is 12.1 Å². The predicted molar refractivity (Wildman–Crippen MR) is 62.6 cm³/mol. The molecule has 0 aromatic heterocycles. The van der Waals surface area contributed by atoms with Gasteiger partial charge in [0.2, 0.25) is 0 Å². The number of hydrogen-bond donors (Lipinski definition) is 0. The molecule has 0 aliphatic rings. The summed E-state index contributed by atoms with van der Waals surface area (Å²) in [5, 5.41) is 2.33. The Kier molecular flexibility index (Phi) is 8.93. The topological polar surface area (TPSA) is 46.5 Å². The summed E-state index contributed by atoms with van der Waals surface area (Å²) in [6.07, 6.45) is 9.66. The maximum absolute atomic E-state index is 10.6. The number of amides is 1. The fourth-order valence-electron chi connectivity index (χ4n) is 1.49. The summed E-state index contributed by atoms with van der Waals surface area (Å²) in [6.45, 7) is 4.07. The molecule has 0 fully saturated rings. The molecule has 0 rings (SSSR count). The van der Waals surface area contributed by atoms with Crippen molar-refractivity contribution in [2.24, 2.45) is 5.18 Å². The molecule has 3 nitrogen and oxygen atoms in total. The van der Waals surface area contributed by atoms with Gasteiger partial charge in [-0.15, -0.1) is 4.91 Å². The van der Waals surface area contributed by atoms with Crippen molar-refractivity contribution in [2.45, 2.75) is 58.8 Å². The van der Waals surface area contributed by atoms with E-state index < -0.39 is 5.91 Å². The van der Waals surface area contributed by atoms with Gasteiger partial charge >= 0.3 is 5.91 Å². The molecule has 0 atom stereocenters. The molecule has 0 bridgehead atoms. The van der Waals surface area contributed by atoms with E-state index in [9.17, 15) is 9.70 Å². The molecule has 0 aliphatic heterocycles. The van der Waals surface area contributed by atoms with Crippen LogP contribution in [0.1, 0.15) is 58.8 Å². The van der Waals surface area contributed by atoms with Crippen LogP contribution in [-0.4, -0.2) is 5.91 Å². The van der Waals surface area contributed by atoms with E-state index in [0.29, 0.717) is 0 Å². The Labute approximate surface area is 91.9 Å². The summed E-state index contributed by atoms with van der Waals surface area (Å²) in [5.74, 6) is -0.668. The van der Waals surface area contributed by atoms with E-state index in [4.69, 9.17) is 0 Å². The quantitative estimate of drug-likeness (QED) is 0.346. The fourth-order valence-corrected chi connectivity index (χ4v) is 1.49. The number of hydrogen-bond acceptors (Lipinski definition) is 2. The second-order valence-electron chi connectivity index (χ2n) is 3.94. The lowest BCUT2D eigenvalue weighted by atomic mass is 10.1. The Morgan fingerprint density at radius 1 is 1.13 bits per heavy atom. The van der Waals surface area contributed by atoms with Crippen LogP contribution >= 0.6 is 0 Å². The monoisotopic (exact) mass is 211 g/mol. The number of unbranched alkanes of at least 4 members (excludes halogenated alkanes) is 5. The Balaban J connectivity index is 3.46. The van der Waals surface area contributed by atoms with Crippen molar-refractivity contribution in [2.75, 3.05) is 0 Å². The van der Waals surface area contributed by atoms with Crippen molar-refractivity contribution in [3.8, 4) is 0 Å². The van der Waals surface area contributed by atoms with Crippen LogP contribution in [-0.2, 0) is 4.79 Å². The molecule has 0 N–H and O–H groups in total. The van der Waals surface area contributed by atoms with Gasteiger partial charge in [0.15, 0.2) is 0 Å². The fraction of sp³-hybridized carbons (Fsp3) is 0.750. The maximum Gasteiger partial charge on any atom is 0.309 e. The van der Waals surface area contributed by atoms with Crippen molar-refractivity contribution < 1.29 is 4.79 Å². The van der Waals surface area contributed by atoms with Crippen LogP contribution in [0.15, 0.2) is 16.8 Å². The van der Waals surface area contributed by atoms with Gasteiger partial charge in [-0.25, -0.2) is 0 Å². The van der Waals surface area contributed by atoms with Gasteiger partial charge in [-0.1, -0.05) is 44.6 Å². The summed E-state index contributed by atoms with van der Waals surface area (Å²) in [5.41, 5.74) is 0.954. The van der Waals surface area contributed by atoms with Crippen LogP contribution in [0, 0.1) is 4.91 Å². The molecule has 0 radical (unpaired) electrons. The number of carbonyl (C=O) groups is 1. The second-order valence-corrected chi connectivity index (χ2v) is 3.94. The van der Waals surface area contributed by atoms with Gasteiger partial charge in [-0.2, -0.15) is 0 Å². The van der Waals surface area contributed by atoms with Crippen LogP contribution in [0.2, 0.25) is 0 Å². The Morgan fingerprint density at radius 2 is 1.73 bits per heavy atom. The van der Waals surface area contributed by atoms with Crippen LogP contribution in [0.5, 0.6) is 0 Å². The minimum atomic E-state index is -0.668. The van der Waals surface area contributed by atoms with E-state index in [-0.39, 0.29) is 0 Å². The van der Waals surface area contributed by atoms with Gasteiger partial charge in [0.1, 0.15) is 0 Å². The average Bonchev–Trinajstić information content (AvgIpc) is 2.23. The molecule has 1 amide bonds. The first-order chi connectivity index (χ1) is 7.20. The van der Waals surface area contributed by atoms with Gasteiger partial charge in [0, 0.05) is 11.3 Å². The van der Waals surface area contributed by atoms with Gasteiger partial charge < -0.3 is 0 Å². The lowest BCUT2D eigenvalue weighted by Crippen LogP contribution is -1.88. The smallest absolute Gasteiger partial charge is 0.264 e. The summed E-state index contributed by atoms with van der Waals surface area (Å²) in [7, 11) is 0. The third kappa shape index (κ3) is 9.32. The van der Waals surface area contributed by atoms with Crippen LogP contribution in [0.4, 0.5) is 0 Å². The molecule has 0 spiro atoms. The summed E-state index contributed by atoms with van der Waals surface area (Å²) in [4.78, 5) is 20.5.